The van der Waals surface area contributed by atoms with E-state index in [-0.39, 0.29) is 12.1 Å². The van der Waals surface area contributed by atoms with Crippen LogP contribution in [0.1, 0.15) is 13.3 Å². The normalized spacial score (nSPS) is 19.6. The quantitative estimate of drug-likeness (QED) is 0.884. The van der Waals surface area contributed by atoms with Crippen molar-refractivity contribution < 1.29 is 14.3 Å². The number of nitrogens with zero attached hydrogens (tertiary/aromatic N) is 1. The van der Waals surface area contributed by atoms with E-state index in [1.807, 2.05) is 31.2 Å². The van der Waals surface area contributed by atoms with Gasteiger partial charge in [-0.3, -0.25) is 4.90 Å². The van der Waals surface area contributed by atoms with Crippen molar-refractivity contribution in [1.29, 1.82) is 0 Å². The molecule has 0 saturated carbocycles. The second-order valence-corrected chi connectivity index (χ2v) is 4.09. The Bertz CT molecular complexity index is 405. The van der Waals surface area contributed by atoms with Gasteiger partial charge in [0.05, 0.1) is 19.3 Å². The lowest BCUT2D eigenvalue weighted by atomic mass is 10.1. The van der Waals surface area contributed by atoms with Gasteiger partial charge in [0.2, 0.25) is 0 Å². The molecule has 0 aromatic heterocycles. The third kappa shape index (κ3) is 2.56. The Morgan fingerprint density at radius 3 is 2.78 bits per heavy atom. The molecule has 0 bridgehead atoms. The fraction of sp³-hybridized carbons (Fsp3) is 0.462. The second-order valence-electron chi connectivity index (χ2n) is 4.09. The first-order valence-electron chi connectivity index (χ1n) is 6.15. The molecule has 1 heterocycles. The minimum atomic E-state index is -0.333. The number of cyclic esters (lactones) is 1. The van der Waals surface area contributed by atoms with E-state index in [0.29, 0.717) is 19.8 Å². The zero-order valence-corrected chi connectivity index (χ0v) is 10.5. The van der Waals surface area contributed by atoms with E-state index < -0.39 is 0 Å². The molecule has 2 rings (SSSR count). The molecule has 1 aromatic carbocycles. The average Bonchev–Trinajstić information content (AvgIpc) is 2.40. The number of ether oxygens (including phenoxy) is 2. The van der Waals surface area contributed by atoms with E-state index in [1.165, 1.54) is 0 Å². The number of amides is 1. The van der Waals surface area contributed by atoms with Gasteiger partial charge in [-0.25, -0.2) is 4.79 Å². The van der Waals surface area contributed by atoms with Crippen molar-refractivity contribution in [2.24, 2.45) is 5.73 Å². The van der Waals surface area contributed by atoms with Gasteiger partial charge in [-0.05, 0) is 31.2 Å². The molecule has 18 heavy (non-hydrogen) atoms. The Hall–Kier alpha value is -1.75. The van der Waals surface area contributed by atoms with Crippen LogP contribution in [0.25, 0.3) is 0 Å². The van der Waals surface area contributed by atoms with Gasteiger partial charge < -0.3 is 15.2 Å². The summed E-state index contributed by atoms with van der Waals surface area (Å²) in [6.07, 6.45) is 0.427. The minimum absolute atomic E-state index is 0.00388. The Balaban J connectivity index is 2.19. The highest BCUT2D eigenvalue weighted by molar-refractivity contribution is 5.89. The lowest BCUT2D eigenvalue weighted by Crippen LogP contribution is -2.49. The SMILES string of the molecule is CCOc1ccc(N2C(=O)OCCC2CN)cc1. The summed E-state index contributed by atoms with van der Waals surface area (Å²) in [6, 6.07) is 7.38. The highest BCUT2D eigenvalue weighted by Crippen LogP contribution is 2.25. The van der Waals surface area contributed by atoms with E-state index in [0.717, 1.165) is 17.9 Å². The van der Waals surface area contributed by atoms with Gasteiger partial charge in [-0.1, -0.05) is 0 Å². The van der Waals surface area contributed by atoms with E-state index in [1.54, 1.807) is 4.90 Å². The number of nitrogens with two attached hydrogens (primary N) is 1. The summed E-state index contributed by atoms with van der Waals surface area (Å²) >= 11 is 0. The molecule has 98 valence electrons. The van der Waals surface area contributed by atoms with Crippen molar-refractivity contribution >= 4 is 11.8 Å². The summed E-state index contributed by atoms with van der Waals surface area (Å²) in [5, 5.41) is 0. The fourth-order valence-corrected chi connectivity index (χ4v) is 2.04. The van der Waals surface area contributed by atoms with Gasteiger partial charge in [-0.2, -0.15) is 0 Å². The Kier molecular flexibility index (Phi) is 4.04. The van der Waals surface area contributed by atoms with Crippen molar-refractivity contribution in [2.75, 3.05) is 24.7 Å². The number of hydrogen-bond acceptors (Lipinski definition) is 4. The van der Waals surface area contributed by atoms with Crippen LogP contribution in [0.2, 0.25) is 0 Å². The number of hydrogen-bond donors (Lipinski definition) is 1. The van der Waals surface area contributed by atoms with Crippen LogP contribution in [-0.2, 0) is 4.74 Å². The van der Waals surface area contributed by atoms with Crippen molar-refractivity contribution in [2.45, 2.75) is 19.4 Å². The molecular weight excluding hydrogens is 232 g/mol. The second kappa shape index (κ2) is 5.73. The molecule has 0 aliphatic carbocycles. The average molecular weight is 250 g/mol. The molecule has 1 unspecified atom stereocenters. The molecule has 1 fully saturated rings. The molecule has 1 amide bonds. The summed E-state index contributed by atoms with van der Waals surface area (Å²) in [7, 11) is 0. The lowest BCUT2D eigenvalue weighted by Gasteiger charge is -2.34. The van der Waals surface area contributed by atoms with Crippen LogP contribution in [0.5, 0.6) is 5.75 Å². The van der Waals surface area contributed by atoms with Crippen LogP contribution in [-0.4, -0.2) is 31.9 Å². The van der Waals surface area contributed by atoms with Gasteiger partial charge in [0, 0.05) is 18.7 Å². The summed E-state index contributed by atoms with van der Waals surface area (Å²) < 4.78 is 10.4. The summed E-state index contributed by atoms with van der Waals surface area (Å²) in [6.45, 7) is 3.42. The van der Waals surface area contributed by atoms with Crippen molar-refractivity contribution in [3.8, 4) is 5.75 Å². The first-order chi connectivity index (χ1) is 8.76. The lowest BCUT2D eigenvalue weighted by molar-refractivity contribution is 0.130. The maximum atomic E-state index is 11.8. The van der Waals surface area contributed by atoms with Gasteiger partial charge in [0.1, 0.15) is 5.75 Å². The Morgan fingerprint density at radius 2 is 2.17 bits per heavy atom. The summed E-state index contributed by atoms with van der Waals surface area (Å²) in [5.74, 6) is 0.788. The number of rotatable bonds is 4. The number of carbonyl (C=O) groups is 1. The van der Waals surface area contributed by atoms with Gasteiger partial charge in [-0.15, -0.1) is 0 Å². The zero-order chi connectivity index (χ0) is 13.0. The van der Waals surface area contributed by atoms with Crippen LogP contribution in [0.4, 0.5) is 10.5 Å². The molecule has 5 heteroatoms. The van der Waals surface area contributed by atoms with Crippen molar-refractivity contribution in [3.63, 3.8) is 0 Å². The Morgan fingerprint density at radius 1 is 1.44 bits per heavy atom. The number of carbonyl (C=O) groups excluding carboxylic acids is 1. The van der Waals surface area contributed by atoms with E-state index >= 15 is 0 Å². The summed E-state index contributed by atoms with van der Waals surface area (Å²) in [4.78, 5) is 13.4. The summed E-state index contributed by atoms with van der Waals surface area (Å²) in [5.41, 5.74) is 6.49. The van der Waals surface area contributed by atoms with E-state index in [9.17, 15) is 4.79 Å². The zero-order valence-electron chi connectivity index (χ0n) is 10.5. The maximum absolute atomic E-state index is 11.8. The molecular formula is C13H18N2O3. The monoisotopic (exact) mass is 250 g/mol. The molecule has 1 aliphatic rings. The van der Waals surface area contributed by atoms with Crippen molar-refractivity contribution in [3.05, 3.63) is 24.3 Å². The van der Waals surface area contributed by atoms with Gasteiger partial charge in [0.25, 0.3) is 0 Å². The smallest absolute Gasteiger partial charge is 0.414 e. The molecule has 1 atom stereocenters. The standard InChI is InChI=1S/C13H18N2O3/c1-2-17-12-5-3-10(4-6-12)15-11(9-14)7-8-18-13(15)16/h3-6,11H,2,7-9,14H2,1H3. The first-order valence-corrected chi connectivity index (χ1v) is 6.15. The fourth-order valence-electron chi connectivity index (χ4n) is 2.04. The minimum Gasteiger partial charge on any atom is -0.494 e. The van der Waals surface area contributed by atoms with E-state index in [2.05, 4.69) is 0 Å². The van der Waals surface area contributed by atoms with E-state index in [4.69, 9.17) is 15.2 Å². The topological polar surface area (TPSA) is 64.8 Å². The highest BCUT2D eigenvalue weighted by Gasteiger charge is 2.29. The van der Waals surface area contributed by atoms with Crippen LogP contribution >= 0.6 is 0 Å². The van der Waals surface area contributed by atoms with Crippen LogP contribution < -0.4 is 15.4 Å². The Labute approximate surface area is 106 Å². The highest BCUT2D eigenvalue weighted by atomic mass is 16.6. The molecule has 1 aromatic rings. The molecule has 1 aliphatic heterocycles. The molecule has 0 radical (unpaired) electrons. The van der Waals surface area contributed by atoms with Crippen LogP contribution in [0, 0.1) is 0 Å². The van der Waals surface area contributed by atoms with Gasteiger partial charge in [0.15, 0.2) is 0 Å². The molecule has 2 N–H and O–H groups in total. The predicted octanol–water partition coefficient (Wildman–Crippen LogP) is 1.76. The first kappa shape index (κ1) is 12.7. The largest absolute Gasteiger partial charge is 0.494 e. The van der Waals surface area contributed by atoms with Crippen LogP contribution in [0.15, 0.2) is 24.3 Å². The molecule has 0 spiro atoms. The maximum Gasteiger partial charge on any atom is 0.414 e. The third-order valence-corrected chi connectivity index (χ3v) is 2.94. The van der Waals surface area contributed by atoms with Crippen molar-refractivity contribution in [1.82, 2.24) is 0 Å². The molecule has 5 nitrogen and oxygen atoms in total. The van der Waals surface area contributed by atoms with Gasteiger partial charge >= 0.3 is 6.09 Å². The number of benzene rings is 1. The third-order valence-electron chi connectivity index (χ3n) is 2.94. The van der Waals surface area contributed by atoms with Crippen LogP contribution in [0.3, 0.4) is 0 Å². The predicted molar refractivity (Wildman–Crippen MR) is 68.9 cm³/mol. The number of anilines is 1. The molecule has 1 saturated heterocycles.